The molecule has 0 amide bonds. The minimum atomic E-state index is -4.88. The van der Waals surface area contributed by atoms with Gasteiger partial charge in [-0.3, -0.25) is 4.68 Å². The van der Waals surface area contributed by atoms with Gasteiger partial charge in [-0.1, -0.05) is 18.2 Å². The molecule has 2 aromatic rings. The monoisotopic (exact) mass is 288 g/mol. The van der Waals surface area contributed by atoms with Crippen LogP contribution < -0.4 is 0 Å². The normalized spacial score (nSPS) is 11.6. The smallest absolute Gasteiger partial charge is 0.436 e. The highest BCUT2D eigenvalue weighted by molar-refractivity contribution is 5.88. The molecule has 1 heterocycles. The summed E-state index contributed by atoms with van der Waals surface area (Å²) in [5.41, 5.74) is -2.35. The van der Waals surface area contributed by atoms with Gasteiger partial charge in [0.2, 0.25) is 0 Å². The molecule has 0 aliphatic rings. The SMILES string of the molecule is O=C(O)c1cn(Cc2ccccc2F)nc1C(F)(F)F. The summed E-state index contributed by atoms with van der Waals surface area (Å²) in [5.74, 6) is -2.34. The number of rotatable bonds is 3. The van der Waals surface area contributed by atoms with Crippen LogP contribution in [0.5, 0.6) is 0 Å². The molecule has 0 saturated carbocycles. The van der Waals surface area contributed by atoms with Crippen LogP contribution in [0.4, 0.5) is 17.6 Å². The average molecular weight is 288 g/mol. The molecule has 0 aliphatic heterocycles. The van der Waals surface area contributed by atoms with E-state index in [2.05, 4.69) is 5.10 Å². The molecule has 1 aromatic heterocycles. The van der Waals surface area contributed by atoms with Gasteiger partial charge in [0.15, 0.2) is 5.69 Å². The highest BCUT2D eigenvalue weighted by Crippen LogP contribution is 2.30. The summed E-state index contributed by atoms with van der Waals surface area (Å²) in [7, 11) is 0. The number of aromatic nitrogens is 2. The van der Waals surface area contributed by atoms with Gasteiger partial charge in [0.05, 0.1) is 6.54 Å². The van der Waals surface area contributed by atoms with E-state index in [4.69, 9.17) is 5.11 Å². The fraction of sp³-hybridized carbons (Fsp3) is 0.167. The predicted octanol–water partition coefficient (Wildman–Crippen LogP) is 2.79. The lowest BCUT2D eigenvalue weighted by Gasteiger charge is -2.04. The van der Waals surface area contributed by atoms with Crippen LogP contribution in [0, 0.1) is 5.82 Å². The molecule has 1 N–H and O–H groups in total. The third-order valence-corrected chi connectivity index (χ3v) is 2.55. The van der Waals surface area contributed by atoms with E-state index in [0.29, 0.717) is 0 Å². The van der Waals surface area contributed by atoms with Crippen molar-refractivity contribution in [2.75, 3.05) is 0 Å². The van der Waals surface area contributed by atoms with Crippen molar-refractivity contribution < 1.29 is 27.5 Å². The predicted molar refractivity (Wildman–Crippen MR) is 59.7 cm³/mol. The summed E-state index contributed by atoms with van der Waals surface area (Å²) in [5, 5.41) is 11.9. The largest absolute Gasteiger partial charge is 0.478 e. The van der Waals surface area contributed by atoms with E-state index in [1.54, 1.807) is 0 Å². The van der Waals surface area contributed by atoms with Gasteiger partial charge in [-0.05, 0) is 6.07 Å². The first-order valence-electron chi connectivity index (χ1n) is 5.40. The Morgan fingerprint density at radius 2 is 1.95 bits per heavy atom. The Morgan fingerprint density at radius 1 is 1.30 bits per heavy atom. The molecule has 0 spiro atoms. The van der Waals surface area contributed by atoms with Crippen LogP contribution in [0.25, 0.3) is 0 Å². The van der Waals surface area contributed by atoms with Crippen molar-refractivity contribution in [2.24, 2.45) is 0 Å². The maximum absolute atomic E-state index is 13.4. The van der Waals surface area contributed by atoms with Gasteiger partial charge in [-0.25, -0.2) is 9.18 Å². The molecule has 1 aromatic carbocycles. The summed E-state index contributed by atoms with van der Waals surface area (Å²) in [6, 6.07) is 5.49. The quantitative estimate of drug-likeness (QED) is 0.884. The number of hydrogen-bond acceptors (Lipinski definition) is 2. The zero-order valence-corrected chi connectivity index (χ0v) is 9.86. The first kappa shape index (κ1) is 14.0. The van der Waals surface area contributed by atoms with Crippen molar-refractivity contribution in [3.8, 4) is 0 Å². The summed E-state index contributed by atoms with van der Waals surface area (Å²) >= 11 is 0. The third kappa shape index (κ3) is 2.79. The molecule has 20 heavy (non-hydrogen) atoms. The topological polar surface area (TPSA) is 55.1 Å². The molecule has 8 heteroatoms. The van der Waals surface area contributed by atoms with Crippen LogP contribution in [-0.2, 0) is 12.7 Å². The van der Waals surface area contributed by atoms with Crippen LogP contribution in [0.2, 0.25) is 0 Å². The molecule has 0 bridgehead atoms. The highest BCUT2D eigenvalue weighted by Gasteiger charge is 2.39. The Hall–Kier alpha value is -2.38. The second-order valence-corrected chi connectivity index (χ2v) is 3.98. The van der Waals surface area contributed by atoms with Crippen LogP contribution in [0.1, 0.15) is 21.6 Å². The maximum atomic E-state index is 13.4. The van der Waals surface area contributed by atoms with Crippen molar-refractivity contribution in [1.82, 2.24) is 9.78 Å². The average Bonchev–Trinajstić information content (AvgIpc) is 2.76. The zero-order valence-electron chi connectivity index (χ0n) is 9.86. The van der Waals surface area contributed by atoms with Crippen molar-refractivity contribution in [3.05, 3.63) is 53.1 Å². The van der Waals surface area contributed by atoms with Gasteiger partial charge in [0.1, 0.15) is 11.4 Å². The van der Waals surface area contributed by atoms with E-state index in [1.165, 1.54) is 18.2 Å². The van der Waals surface area contributed by atoms with Gasteiger partial charge in [-0.15, -0.1) is 0 Å². The highest BCUT2D eigenvalue weighted by atomic mass is 19.4. The summed E-state index contributed by atoms with van der Waals surface area (Å²) in [6.07, 6.45) is -4.15. The fourth-order valence-corrected chi connectivity index (χ4v) is 1.67. The minimum absolute atomic E-state index is 0.112. The lowest BCUT2D eigenvalue weighted by atomic mass is 10.2. The number of aromatic carboxylic acids is 1. The second-order valence-electron chi connectivity index (χ2n) is 3.98. The standard InChI is InChI=1S/C12H8F4N2O2/c13-9-4-2-1-3-7(9)5-18-6-8(11(19)20)10(17-18)12(14,15)16/h1-4,6H,5H2,(H,19,20). The number of carboxylic acid groups (broad SMARTS) is 1. The number of carbonyl (C=O) groups is 1. The number of hydrogen-bond donors (Lipinski definition) is 1. The maximum Gasteiger partial charge on any atom is 0.436 e. The van der Waals surface area contributed by atoms with Gasteiger partial charge in [0.25, 0.3) is 0 Å². The summed E-state index contributed by atoms with van der Waals surface area (Å²) in [6.45, 7) is -0.289. The van der Waals surface area contributed by atoms with E-state index in [0.717, 1.165) is 16.9 Å². The fourth-order valence-electron chi connectivity index (χ4n) is 1.67. The van der Waals surface area contributed by atoms with Crippen molar-refractivity contribution in [3.63, 3.8) is 0 Å². The molecule has 0 radical (unpaired) electrons. The zero-order chi connectivity index (χ0) is 14.9. The van der Waals surface area contributed by atoms with Crippen molar-refractivity contribution in [2.45, 2.75) is 12.7 Å². The Labute approximate surface area is 110 Å². The molecule has 0 fully saturated rings. The molecule has 2 rings (SSSR count). The van der Waals surface area contributed by atoms with E-state index >= 15 is 0 Å². The molecule has 0 unspecified atom stereocenters. The number of alkyl halides is 3. The van der Waals surface area contributed by atoms with Crippen LogP contribution in [0.3, 0.4) is 0 Å². The van der Waals surface area contributed by atoms with Gasteiger partial charge >= 0.3 is 12.1 Å². The van der Waals surface area contributed by atoms with Crippen molar-refractivity contribution >= 4 is 5.97 Å². The molecule has 0 atom stereocenters. The Kier molecular flexibility index (Phi) is 3.47. The first-order valence-corrected chi connectivity index (χ1v) is 5.40. The first-order chi connectivity index (χ1) is 9.29. The Bertz CT molecular complexity index is 649. The second kappa shape index (κ2) is 4.95. The lowest BCUT2D eigenvalue weighted by molar-refractivity contribution is -0.142. The molecule has 106 valence electrons. The number of halogens is 4. The Morgan fingerprint density at radius 3 is 2.45 bits per heavy atom. The van der Waals surface area contributed by atoms with E-state index < -0.39 is 29.2 Å². The molecular weight excluding hydrogens is 280 g/mol. The number of carboxylic acids is 1. The third-order valence-electron chi connectivity index (χ3n) is 2.55. The van der Waals surface area contributed by atoms with E-state index in [1.807, 2.05) is 0 Å². The lowest BCUT2D eigenvalue weighted by Crippen LogP contribution is -2.12. The summed E-state index contributed by atoms with van der Waals surface area (Å²) < 4.78 is 52.0. The van der Waals surface area contributed by atoms with Gasteiger partial charge in [-0.2, -0.15) is 18.3 Å². The number of benzene rings is 1. The van der Waals surface area contributed by atoms with E-state index in [-0.39, 0.29) is 12.1 Å². The molecule has 4 nitrogen and oxygen atoms in total. The van der Waals surface area contributed by atoms with Gasteiger partial charge in [0, 0.05) is 11.8 Å². The molecular formula is C12H8F4N2O2. The molecule has 0 aliphatic carbocycles. The van der Waals surface area contributed by atoms with Crippen LogP contribution in [-0.4, -0.2) is 20.9 Å². The van der Waals surface area contributed by atoms with Crippen LogP contribution >= 0.6 is 0 Å². The Balaban J connectivity index is 2.40. The van der Waals surface area contributed by atoms with E-state index in [9.17, 15) is 22.4 Å². The summed E-state index contributed by atoms with van der Waals surface area (Å²) in [4.78, 5) is 10.8. The van der Waals surface area contributed by atoms with Crippen molar-refractivity contribution in [1.29, 1.82) is 0 Å². The number of nitrogens with zero attached hydrogens (tertiary/aromatic N) is 2. The van der Waals surface area contributed by atoms with Crippen LogP contribution in [0.15, 0.2) is 30.5 Å². The molecule has 0 saturated heterocycles. The van der Waals surface area contributed by atoms with Gasteiger partial charge < -0.3 is 5.11 Å². The minimum Gasteiger partial charge on any atom is -0.478 e.